The molecule has 0 radical (unpaired) electrons. The quantitative estimate of drug-likeness (QED) is 0.252. The summed E-state index contributed by atoms with van der Waals surface area (Å²) in [7, 11) is 5.27. The van der Waals surface area contributed by atoms with E-state index in [2.05, 4.69) is 38.1 Å². The van der Waals surface area contributed by atoms with Crippen molar-refractivity contribution in [3.63, 3.8) is 0 Å². The molecular formula is C22H28IN5OS2. The summed E-state index contributed by atoms with van der Waals surface area (Å²) in [6.07, 6.45) is 0.926. The first-order chi connectivity index (χ1) is 14.5. The number of thiazole rings is 1. The highest BCUT2D eigenvalue weighted by Crippen LogP contribution is 2.29. The number of carbonyl (C=O) groups excluding carboxylic acids is 1. The Morgan fingerprint density at radius 1 is 1.13 bits per heavy atom. The van der Waals surface area contributed by atoms with Gasteiger partial charge < -0.3 is 15.5 Å². The molecule has 0 atom stereocenters. The van der Waals surface area contributed by atoms with Crippen LogP contribution in [0.2, 0.25) is 0 Å². The van der Waals surface area contributed by atoms with Crippen LogP contribution >= 0.6 is 46.7 Å². The molecule has 0 unspecified atom stereocenters. The maximum atomic E-state index is 12.0. The zero-order valence-electron chi connectivity index (χ0n) is 18.1. The van der Waals surface area contributed by atoms with E-state index in [1.807, 2.05) is 31.2 Å². The van der Waals surface area contributed by atoms with Crippen molar-refractivity contribution in [1.82, 2.24) is 20.5 Å². The van der Waals surface area contributed by atoms with Gasteiger partial charge in [0.2, 0.25) is 0 Å². The zero-order valence-corrected chi connectivity index (χ0v) is 22.1. The molecule has 0 saturated heterocycles. The molecule has 31 heavy (non-hydrogen) atoms. The minimum atomic E-state index is 0. The number of carbonyl (C=O) groups is 1. The summed E-state index contributed by atoms with van der Waals surface area (Å²) in [6.45, 7) is 3.47. The van der Waals surface area contributed by atoms with Gasteiger partial charge in [-0.05, 0) is 43.2 Å². The summed E-state index contributed by atoms with van der Waals surface area (Å²) < 4.78 is 0. The summed E-state index contributed by atoms with van der Waals surface area (Å²) in [5.74, 6) is 0.768. The molecular weight excluding hydrogens is 541 g/mol. The third-order valence-electron chi connectivity index (χ3n) is 4.49. The van der Waals surface area contributed by atoms with Crippen molar-refractivity contribution in [1.29, 1.82) is 0 Å². The maximum absolute atomic E-state index is 12.0. The van der Waals surface area contributed by atoms with Crippen molar-refractivity contribution in [2.75, 3.05) is 27.7 Å². The van der Waals surface area contributed by atoms with Crippen molar-refractivity contribution < 1.29 is 4.79 Å². The standard InChI is InChI=1S/C22H27N5OS2.HI/c1-15-26-19(14-29-15)20-10-9-18(30-20)11-12-24-22(23-2)25-13-16-5-7-17(8-6-16)21(28)27(3)4;/h5-10,14H,11-13H2,1-4H3,(H2,23,24,25);1H. The van der Waals surface area contributed by atoms with Crippen LogP contribution in [0, 0.1) is 6.92 Å². The number of hydrogen-bond acceptors (Lipinski definition) is 5. The predicted octanol–water partition coefficient (Wildman–Crippen LogP) is 4.41. The van der Waals surface area contributed by atoms with E-state index in [4.69, 9.17) is 0 Å². The average Bonchev–Trinajstić information content (AvgIpc) is 3.39. The SMILES string of the molecule is CN=C(NCCc1ccc(-c2csc(C)n2)s1)NCc1ccc(C(=O)N(C)C)cc1.I. The van der Waals surface area contributed by atoms with Gasteiger partial charge in [-0.3, -0.25) is 9.79 Å². The van der Waals surface area contributed by atoms with Crippen LogP contribution in [-0.4, -0.2) is 49.4 Å². The molecule has 9 heteroatoms. The smallest absolute Gasteiger partial charge is 0.253 e. The Kier molecular flexibility index (Phi) is 9.92. The van der Waals surface area contributed by atoms with E-state index < -0.39 is 0 Å². The van der Waals surface area contributed by atoms with E-state index in [0.29, 0.717) is 12.1 Å². The number of nitrogens with zero attached hydrogens (tertiary/aromatic N) is 3. The third-order valence-corrected chi connectivity index (χ3v) is 6.43. The summed E-state index contributed by atoms with van der Waals surface area (Å²) >= 11 is 3.47. The summed E-state index contributed by atoms with van der Waals surface area (Å²) in [6, 6.07) is 12.0. The largest absolute Gasteiger partial charge is 0.356 e. The summed E-state index contributed by atoms with van der Waals surface area (Å²) in [4.78, 5) is 24.9. The fourth-order valence-electron chi connectivity index (χ4n) is 2.86. The fourth-order valence-corrected chi connectivity index (χ4v) is 4.52. The van der Waals surface area contributed by atoms with Crippen molar-refractivity contribution in [3.8, 4) is 10.6 Å². The number of aliphatic imine (C=N–C) groups is 1. The number of halogens is 1. The van der Waals surface area contributed by atoms with Crippen molar-refractivity contribution in [3.05, 3.63) is 62.8 Å². The molecule has 0 aliphatic heterocycles. The van der Waals surface area contributed by atoms with Crippen LogP contribution in [0.5, 0.6) is 0 Å². The molecule has 2 N–H and O–H groups in total. The lowest BCUT2D eigenvalue weighted by atomic mass is 10.1. The van der Waals surface area contributed by atoms with Gasteiger partial charge in [0.25, 0.3) is 5.91 Å². The lowest BCUT2D eigenvalue weighted by molar-refractivity contribution is 0.0827. The van der Waals surface area contributed by atoms with Crippen LogP contribution in [-0.2, 0) is 13.0 Å². The number of thiophene rings is 1. The van der Waals surface area contributed by atoms with E-state index in [0.717, 1.165) is 35.2 Å². The number of guanidine groups is 1. The number of aryl methyl sites for hydroxylation is 1. The minimum Gasteiger partial charge on any atom is -0.356 e. The Morgan fingerprint density at radius 3 is 2.48 bits per heavy atom. The van der Waals surface area contributed by atoms with Gasteiger partial charge in [-0.25, -0.2) is 4.98 Å². The Labute approximate surface area is 208 Å². The van der Waals surface area contributed by atoms with Crippen LogP contribution in [0.15, 0.2) is 46.8 Å². The van der Waals surface area contributed by atoms with Crippen molar-refractivity contribution in [2.24, 2.45) is 4.99 Å². The molecule has 0 aliphatic rings. The molecule has 3 aromatic rings. The van der Waals surface area contributed by atoms with Crippen molar-refractivity contribution >= 4 is 58.5 Å². The average molecular weight is 570 g/mol. The highest BCUT2D eigenvalue weighted by molar-refractivity contribution is 14.0. The second-order valence-corrected chi connectivity index (χ2v) is 9.25. The molecule has 2 heterocycles. The van der Waals surface area contributed by atoms with E-state index >= 15 is 0 Å². The molecule has 1 amide bonds. The van der Waals surface area contributed by atoms with Gasteiger partial charge >= 0.3 is 0 Å². The highest BCUT2D eigenvalue weighted by Gasteiger charge is 2.08. The Morgan fingerprint density at radius 2 is 1.87 bits per heavy atom. The number of nitrogens with one attached hydrogen (secondary N) is 2. The minimum absolute atomic E-state index is 0. The van der Waals surface area contributed by atoms with Crippen LogP contribution in [0.1, 0.15) is 25.8 Å². The fraction of sp³-hybridized carbons (Fsp3) is 0.318. The summed E-state index contributed by atoms with van der Waals surface area (Å²) in [5.41, 5.74) is 2.85. The van der Waals surface area contributed by atoms with E-state index in [9.17, 15) is 4.79 Å². The Bertz CT molecular complexity index is 1010. The molecule has 0 fully saturated rings. The van der Waals surface area contributed by atoms with Crippen LogP contribution in [0.4, 0.5) is 0 Å². The zero-order chi connectivity index (χ0) is 21.5. The molecule has 0 saturated carbocycles. The maximum Gasteiger partial charge on any atom is 0.253 e. The lowest BCUT2D eigenvalue weighted by Crippen LogP contribution is -2.37. The number of benzene rings is 1. The van der Waals surface area contributed by atoms with Gasteiger partial charge in [0, 0.05) is 50.1 Å². The van der Waals surface area contributed by atoms with Crippen LogP contribution < -0.4 is 10.6 Å². The highest BCUT2D eigenvalue weighted by atomic mass is 127. The van der Waals surface area contributed by atoms with Gasteiger partial charge in [-0.1, -0.05) is 12.1 Å². The van der Waals surface area contributed by atoms with Crippen LogP contribution in [0.3, 0.4) is 0 Å². The second-order valence-electron chi connectivity index (χ2n) is 7.02. The molecule has 166 valence electrons. The molecule has 0 bridgehead atoms. The molecule has 3 rings (SSSR count). The van der Waals surface area contributed by atoms with E-state index in [1.165, 1.54) is 9.75 Å². The molecule has 6 nitrogen and oxygen atoms in total. The number of amides is 1. The van der Waals surface area contributed by atoms with Gasteiger partial charge in [-0.15, -0.1) is 46.7 Å². The number of rotatable bonds is 7. The third kappa shape index (κ3) is 7.29. The Balaban J connectivity index is 0.00000341. The van der Waals surface area contributed by atoms with Gasteiger partial charge in [0.1, 0.15) is 0 Å². The normalized spacial score (nSPS) is 11.0. The molecule has 1 aromatic carbocycles. The van der Waals surface area contributed by atoms with Crippen LogP contribution in [0.25, 0.3) is 10.6 Å². The first-order valence-corrected chi connectivity index (χ1v) is 11.4. The molecule has 0 spiro atoms. The monoisotopic (exact) mass is 569 g/mol. The van der Waals surface area contributed by atoms with Gasteiger partial charge in [0.05, 0.1) is 15.6 Å². The Hall–Kier alpha value is -1.98. The first-order valence-electron chi connectivity index (χ1n) is 9.72. The van der Waals surface area contributed by atoms with Gasteiger partial charge in [-0.2, -0.15) is 0 Å². The molecule has 0 aliphatic carbocycles. The summed E-state index contributed by atoms with van der Waals surface area (Å²) in [5, 5.41) is 9.87. The first kappa shape index (κ1) is 25.3. The number of hydrogen-bond donors (Lipinski definition) is 2. The van der Waals surface area contributed by atoms with Gasteiger partial charge in [0.15, 0.2) is 5.96 Å². The number of aromatic nitrogens is 1. The lowest BCUT2D eigenvalue weighted by Gasteiger charge is -2.13. The topological polar surface area (TPSA) is 69.6 Å². The van der Waals surface area contributed by atoms with E-state index in [-0.39, 0.29) is 29.9 Å². The molecule has 2 aromatic heterocycles. The predicted molar refractivity (Wildman–Crippen MR) is 142 cm³/mol. The second kappa shape index (κ2) is 12.2. The van der Waals surface area contributed by atoms with Crippen molar-refractivity contribution in [2.45, 2.75) is 19.9 Å². The van der Waals surface area contributed by atoms with E-state index in [1.54, 1.807) is 48.7 Å².